The number of fused-ring (bicyclic) bond motifs is 2. The SMILES string of the molecule is CCC(NC1C2(C)CCC(C2)C1(C)C)c1ccccc1F. The molecule has 0 spiro atoms. The average Bonchev–Trinajstić information content (AvgIpc) is 2.91. The van der Waals surface area contributed by atoms with Crippen molar-refractivity contribution in [3.8, 4) is 0 Å². The van der Waals surface area contributed by atoms with E-state index in [0.29, 0.717) is 16.9 Å². The molecule has 2 bridgehead atoms. The van der Waals surface area contributed by atoms with Gasteiger partial charge in [-0.05, 0) is 48.5 Å². The molecule has 3 rings (SSSR count). The molecule has 1 aromatic rings. The maximum Gasteiger partial charge on any atom is 0.127 e. The summed E-state index contributed by atoms with van der Waals surface area (Å²) in [5.41, 5.74) is 1.51. The van der Waals surface area contributed by atoms with Crippen LogP contribution in [0.2, 0.25) is 0 Å². The van der Waals surface area contributed by atoms with Crippen molar-refractivity contribution in [3.63, 3.8) is 0 Å². The van der Waals surface area contributed by atoms with Gasteiger partial charge in [0.2, 0.25) is 0 Å². The van der Waals surface area contributed by atoms with Gasteiger partial charge in [0.05, 0.1) is 0 Å². The van der Waals surface area contributed by atoms with Crippen LogP contribution in [0.15, 0.2) is 24.3 Å². The van der Waals surface area contributed by atoms with Crippen LogP contribution in [0, 0.1) is 22.6 Å². The zero-order valence-electron chi connectivity index (χ0n) is 13.7. The van der Waals surface area contributed by atoms with E-state index in [-0.39, 0.29) is 11.9 Å². The van der Waals surface area contributed by atoms with Crippen molar-refractivity contribution in [1.82, 2.24) is 5.32 Å². The van der Waals surface area contributed by atoms with E-state index >= 15 is 0 Å². The highest BCUT2D eigenvalue weighted by molar-refractivity contribution is 5.22. The summed E-state index contributed by atoms with van der Waals surface area (Å²) in [6.45, 7) is 9.36. The summed E-state index contributed by atoms with van der Waals surface area (Å²) in [6, 6.07) is 7.82. The standard InChI is InChI=1S/C19H28FN/c1-5-16(14-8-6-7-9-15(14)20)21-17-18(2,3)13-10-11-19(17,4)12-13/h6-9,13,16-17,21H,5,10-12H2,1-4H3. The molecule has 1 aromatic carbocycles. The fourth-order valence-electron chi connectivity index (χ4n) is 5.10. The fraction of sp³-hybridized carbons (Fsp3) is 0.684. The second-order valence-corrected chi connectivity index (χ2v) is 8.00. The van der Waals surface area contributed by atoms with Gasteiger partial charge in [-0.15, -0.1) is 0 Å². The second kappa shape index (κ2) is 5.08. The number of rotatable bonds is 4. The van der Waals surface area contributed by atoms with Gasteiger partial charge in [-0.25, -0.2) is 4.39 Å². The predicted molar refractivity (Wildman–Crippen MR) is 85.6 cm³/mol. The van der Waals surface area contributed by atoms with Crippen LogP contribution >= 0.6 is 0 Å². The molecule has 0 radical (unpaired) electrons. The molecular weight excluding hydrogens is 261 g/mol. The summed E-state index contributed by atoms with van der Waals surface area (Å²) >= 11 is 0. The third kappa shape index (κ3) is 2.32. The Kier molecular flexibility index (Phi) is 3.64. The molecule has 2 fully saturated rings. The number of halogens is 1. The molecular formula is C19H28FN. The number of hydrogen-bond acceptors (Lipinski definition) is 1. The lowest BCUT2D eigenvalue weighted by Gasteiger charge is -2.45. The van der Waals surface area contributed by atoms with E-state index in [2.05, 4.69) is 33.0 Å². The highest BCUT2D eigenvalue weighted by Gasteiger charge is 2.59. The molecule has 116 valence electrons. The maximum absolute atomic E-state index is 14.1. The van der Waals surface area contributed by atoms with Gasteiger partial charge in [-0.2, -0.15) is 0 Å². The molecule has 0 aliphatic heterocycles. The van der Waals surface area contributed by atoms with Crippen molar-refractivity contribution in [2.45, 2.75) is 65.5 Å². The Balaban J connectivity index is 1.86. The lowest BCUT2D eigenvalue weighted by atomic mass is 9.68. The van der Waals surface area contributed by atoms with Crippen molar-refractivity contribution in [1.29, 1.82) is 0 Å². The van der Waals surface area contributed by atoms with Gasteiger partial charge in [0.15, 0.2) is 0 Å². The molecule has 2 aliphatic rings. The molecule has 2 aliphatic carbocycles. The van der Waals surface area contributed by atoms with E-state index in [4.69, 9.17) is 0 Å². The fourth-order valence-corrected chi connectivity index (χ4v) is 5.10. The summed E-state index contributed by atoms with van der Waals surface area (Å²) in [5.74, 6) is 0.737. The maximum atomic E-state index is 14.1. The van der Waals surface area contributed by atoms with Gasteiger partial charge < -0.3 is 5.32 Å². The molecule has 4 atom stereocenters. The second-order valence-electron chi connectivity index (χ2n) is 8.00. The monoisotopic (exact) mass is 289 g/mol. The first-order chi connectivity index (χ1) is 9.88. The largest absolute Gasteiger partial charge is 0.306 e. The topological polar surface area (TPSA) is 12.0 Å². The Morgan fingerprint density at radius 3 is 2.57 bits per heavy atom. The molecule has 4 unspecified atom stereocenters. The van der Waals surface area contributed by atoms with Crippen LogP contribution in [-0.4, -0.2) is 6.04 Å². The lowest BCUT2D eigenvalue weighted by Crippen LogP contribution is -2.51. The van der Waals surface area contributed by atoms with E-state index in [9.17, 15) is 4.39 Å². The number of nitrogens with one attached hydrogen (secondary N) is 1. The normalized spacial score (nSPS) is 35.1. The third-order valence-corrected chi connectivity index (χ3v) is 6.33. The van der Waals surface area contributed by atoms with E-state index in [1.165, 1.54) is 19.3 Å². The highest BCUT2D eigenvalue weighted by Crippen LogP contribution is 2.62. The zero-order chi connectivity index (χ0) is 15.3. The molecule has 0 heterocycles. The average molecular weight is 289 g/mol. The van der Waals surface area contributed by atoms with E-state index in [0.717, 1.165) is 17.9 Å². The van der Waals surface area contributed by atoms with Gasteiger partial charge in [-0.3, -0.25) is 0 Å². The van der Waals surface area contributed by atoms with Crippen molar-refractivity contribution < 1.29 is 4.39 Å². The molecule has 1 nitrogen and oxygen atoms in total. The summed E-state index contributed by atoms with van der Waals surface area (Å²) in [5, 5.41) is 3.84. The molecule has 0 saturated heterocycles. The number of benzene rings is 1. The summed E-state index contributed by atoms with van der Waals surface area (Å²) in [4.78, 5) is 0. The Hall–Kier alpha value is -0.890. The number of hydrogen-bond donors (Lipinski definition) is 1. The lowest BCUT2D eigenvalue weighted by molar-refractivity contribution is 0.0971. The minimum Gasteiger partial charge on any atom is -0.306 e. The predicted octanol–water partition coefficient (Wildman–Crippen LogP) is 5.08. The van der Waals surface area contributed by atoms with Crippen LogP contribution in [0.3, 0.4) is 0 Å². The minimum atomic E-state index is -0.0806. The first-order valence-corrected chi connectivity index (χ1v) is 8.39. The van der Waals surface area contributed by atoms with E-state index < -0.39 is 0 Å². The Labute approximate surface area is 128 Å². The van der Waals surface area contributed by atoms with Gasteiger partial charge in [0.25, 0.3) is 0 Å². The van der Waals surface area contributed by atoms with Crippen molar-refractivity contribution in [2.75, 3.05) is 0 Å². The van der Waals surface area contributed by atoms with Crippen LogP contribution < -0.4 is 5.32 Å². The van der Waals surface area contributed by atoms with Gasteiger partial charge in [0.1, 0.15) is 5.82 Å². The molecule has 21 heavy (non-hydrogen) atoms. The highest BCUT2D eigenvalue weighted by atomic mass is 19.1. The van der Waals surface area contributed by atoms with Gasteiger partial charge in [0, 0.05) is 17.6 Å². The van der Waals surface area contributed by atoms with Crippen molar-refractivity contribution in [2.24, 2.45) is 16.7 Å². The smallest absolute Gasteiger partial charge is 0.127 e. The molecule has 0 amide bonds. The minimum absolute atomic E-state index is 0.0806. The van der Waals surface area contributed by atoms with Crippen LogP contribution in [0.1, 0.15) is 65.0 Å². The Bertz CT molecular complexity index is 519. The van der Waals surface area contributed by atoms with Crippen molar-refractivity contribution >= 4 is 0 Å². The quantitative estimate of drug-likeness (QED) is 0.815. The Morgan fingerprint density at radius 1 is 1.29 bits per heavy atom. The van der Waals surface area contributed by atoms with Gasteiger partial charge >= 0.3 is 0 Å². The summed E-state index contributed by atoms with van der Waals surface area (Å²) in [6.07, 6.45) is 4.92. The molecule has 1 N–H and O–H groups in total. The summed E-state index contributed by atoms with van der Waals surface area (Å²) < 4.78 is 14.1. The molecule has 2 saturated carbocycles. The summed E-state index contributed by atoms with van der Waals surface area (Å²) in [7, 11) is 0. The first kappa shape index (κ1) is 15.0. The zero-order valence-corrected chi connectivity index (χ0v) is 13.7. The van der Waals surface area contributed by atoms with E-state index in [1.807, 2.05) is 12.1 Å². The third-order valence-electron chi connectivity index (χ3n) is 6.33. The van der Waals surface area contributed by atoms with Gasteiger partial charge in [-0.1, -0.05) is 45.9 Å². The Morgan fingerprint density at radius 2 is 2.00 bits per heavy atom. The van der Waals surface area contributed by atoms with Crippen LogP contribution in [0.5, 0.6) is 0 Å². The van der Waals surface area contributed by atoms with Crippen LogP contribution in [0.4, 0.5) is 4.39 Å². The molecule has 2 heteroatoms. The molecule has 0 aromatic heterocycles. The van der Waals surface area contributed by atoms with Crippen LogP contribution in [0.25, 0.3) is 0 Å². The first-order valence-electron chi connectivity index (χ1n) is 8.39. The van der Waals surface area contributed by atoms with Crippen molar-refractivity contribution in [3.05, 3.63) is 35.6 Å². The van der Waals surface area contributed by atoms with E-state index in [1.54, 1.807) is 12.1 Å². The van der Waals surface area contributed by atoms with Crippen LogP contribution in [-0.2, 0) is 0 Å².